The minimum Gasteiger partial charge on any atom is -0.303 e. The molecule has 0 saturated carbocycles. The van der Waals surface area contributed by atoms with Gasteiger partial charge in [0.25, 0.3) is 0 Å². The predicted molar refractivity (Wildman–Crippen MR) is 48.8 cm³/mol. The molecule has 0 aromatic heterocycles. The van der Waals surface area contributed by atoms with Crippen molar-refractivity contribution in [1.82, 2.24) is 0 Å². The molecule has 0 spiro atoms. The second-order valence-electron chi connectivity index (χ2n) is 2.51. The average molecular weight is 158 g/mol. The molecule has 0 unspecified atom stereocenters. The van der Waals surface area contributed by atoms with Gasteiger partial charge in [0.1, 0.15) is 6.29 Å². The molecule has 1 aromatic rings. The van der Waals surface area contributed by atoms with E-state index in [4.69, 9.17) is 6.42 Å². The highest BCUT2D eigenvalue weighted by Gasteiger charge is 1.96. The number of benzene rings is 1. The van der Waals surface area contributed by atoms with E-state index in [1.165, 1.54) is 0 Å². The zero-order valence-corrected chi connectivity index (χ0v) is 6.79. The summed E-state index contributed by atoms with van der Waals surface area (Å²) in [7, 11) is 0. The van der Waals surface area contributed by atoms with E-state index in [9.17, 15) is 4.79 Å². The molecule has 1 heteroatoms. The van der Waals surface area contributed by atoms with Crippen molar-refractivity contribution >= 4 is 6.29 Å². The first-order chi connectivity index (χ1) is 5.88. The van der Waals surface area contributed by atoms with Crippen molar-refractivity contribution in [2.45, 2.75) is 12.8 Å². The third-order valence-electron chi connectivity index (χ3n) is 1.70. The molecule has 1 rings (SSSR count). The van der Waals surface area contributed by atoms with Crippen molar-refractivity contribution in [1.29, 1.82) is 0 Å². The van der Waals surface area contributed by atoms with Gasteiger partial charge >= 0.3 is 0 Å². The van der Waals surface area contributed by atoms with Crippen LogP contribution in [0.4, 0.5) is 0 Å². The smallest absolute Gasteiger partial charge is 0.120 e. The van der Waals surface area contributed by atoms with Gasteiger partial charge in [0.2, 0.25) is 0 Å². The molecule has 0 heterocycles. The first-order valence-electron chi connectivity index (χ1n) is 3.86. The molecule has 12 heavy (non-hydrogen) atoms. The van der Waals surface area contributed by atoms with Crippen molar-refractivity contribution in [3.8, 4) is 12.3 Å². The van der Waals surface area contributed by atoms with Crippen LogP contribution in [0.1, 0.15) is 17.5 Å². The first kappa shape index (κ1) is 8.55. The zero-order valence-electron chi connectivity index (χ0n) is 6.79. The Morgan fingerprint density at radius 3 is 2.83 bits per heavy atom. The number of hydrogen-bond donors (Lipinski definition) is 0. The molecule has 0 atom stereocenters. The molecule has 0 N–H and O–H groups in total. The van der Waals surface area contributed by atoms with Crippen molar-refractivity contribution in [3.05, 3.63) is 35.4 Å². The van der Waals surface area contributed by atoms with E-state index in [2.05, 4.69) is 5.92 Å². The summed E-state index contributed by atoms with van der Waals surface area (Å²) in [5.74, 6) is 2.59. The van der Waals surface area contributed by atoms with E-state index in [-0.39, 0.29) is 0 Å². The van der Waals surface area contributed by atoms with E-state index < -0.39 is 0 Å². The summed E-state index contributed by atoms with van der Waals surface area (Å²) in [6, 6.07) is 7.68. The number of carbonyl (C=O) groups is 1. The summed E-state index contributed by atoms with van der Waals surface area (Å²) in [5.41, 5.74) is 1.96. The van der Waals surface area contributed by atoms with Gasteiger partial charge in [0, 0.05) is 12.0 Å². The maximum absolute atomic E-state index is 10.1. The lowest BCUT2D eigenvalue weighted by molar-refractivity contribution is -0.107. The lowest BCUT2D eigenvalue weighted by Gasteiger charge is -2.00. The van der Waals surface area contributed by atoms with Gasteiger partial charge in [-0.25, -0.2) is 0 Å². The Kier molecular flexibility index (Phi) is 3.10. The molecule has 0 aliphatic rings. The second-order valence-corrected chi connectivity index (χ2v) is 2.51. The Bertz CT molecular complexity index is 307. The largest absolute Gasteiger partial charge is 0.303 e. The Labute approximate surface area is 72.4 Å². The van der Waals surface area contributed by atoms with Crippen molar-refractivity contribution in [2.75, 3.05) is 0 Å². The first-order valence-corrected chi connectivity index (χ1v) is 3.86. The Balaban J connectivity index is 2.83. The lowest BCUT2D eigenvalue weighted by atomic mass is 10.0. The van der Waals surface area contributed by atoms with Crippen LogP contribution in [0.25, 0.3) is 0 Å². The lowest BCUT2D eigenvalue weighted by Crippen LogP contribution is -1.90. The molecule has 60 valence electrons. The SMILES string of the molecule is C#Cc1ccccc1CCC=O. The normalized spacial score (nSPS) is 8.92. The second kappa shape index (κ2) is 4.35. The van der Waals surface area contributed by atoms with E-state index in [0.29, 0.717) is 6.42 Å². The van der Waals surface area contributed by atoms with Crippen LogP contribution in [0.3, 0.4) is 0 Å². The van der Waals surface area contributed by atoms with E-state index in [1.807, 2.05) is 24.3 Å². The molecule has 0 amide bonds. The van der Waals surface area contributed by atoms with Crippen LogP contribution in [-0.4, -0.2) is 6.29 Å². The van der Waals surface area contributed by atoms with E-state index >= 15 is 0 Å². The third kappa shape index (κ3) is 1.96. The topological polar surface area (TPSA) is 17.1 Å². The monoisotopic (exact) mass is 158 g/mol. The van der Waals surface area contributed by atoms with Gasteiger partial charge in [-0.2, -0.15) is 0 Å². The molecule has 0 aliphatic heterocycles. The van der Waals surface area contributed by atoms with Crippen molar-refractivity contribution < 1.29 is 4.79 Å². The molecule has 0 radical (unpaired) electrons. The fourth-order valence-electron chi connectivity index (χ4n) is 1.09. The predicted octanol–water partition coefficient (Wildman–Crippen LogP) is 1.80. The van der Waals surface area contributed by atoms with Gasteiger partial charge < -0.3 is 4.79 Å². The number of aryl methyl sites for hydroxylation is 1. The summed E-state index contributed by atoms with van der Waals surface area (Å²) in [4.78, 5) is 10.1. The molecular formula is C11H10O. The Morgan fingerprint density at radius 1 is 1.42 bits per heavy atom. The number of carbonyl (C=O) groups excluding carboxylic acids is 1. The van der Waals surface area contributed by atoms with Crippen LogP contribution in [0.2, 0.25) is 0 Å². The molecule has 1 nitrogen and oxygen atoms in total. The van der Waals surface area contributed by atoms with E-state index in [1.54, 1.807) is 0 Å². The number of hydrogen-bond acceptors (Lipinski definition) is 1. The van der Waals surface area contributed by atoms with Gasteiger partial charge in [0.15, 0.2) is 0 Å². The number of rotatable bonds is 3. The van der Waals surface area contributed by atoms with Crippen LogP contribution in [0, 0.1) is 12.3 Å². The quantitative estimate of drug-likeness (QED) is 0.484. The summed E-state index contributed by atoms with van der Waals surface area (Å²) < 4.78 is 0. The molecule has 0 fully saturated rings. The molecule has 1 aromatic carbocycles. The summed E-state index contributed by atoms with van der Waals surface area (Å²) in [6.45, 7) is 0. The van der Waals surface area contributed by atoms with Gasteiger partial charge in [-0.1, -0.05) is 24.1 Å². The van der Waals surface area contributed by atoms with Crippen LogP contribution in [0.15, 0.2) is 24.3 Å². The highest BCUT2D eigenvalue weighted by molar-refractivity contribution is 5.51. The fourth-order valence-corrected chi connectivity index (χ4v) is 1.09. The van der Waals surface area contributed by atoms with Crippen LogP contribution in [0.5, 0.6) is 0 Å². The highest BCUT2D eigenvalue weighted by Crippen LogP contribution is 2.08. The molecule has 0 bridgehead atoms. The van der Waals surface area contributed by atoms with E-state index in [0.717, 1.165) is 23.8 Å². The van der Waals surface area contributed by atoms with Gasteiger partial charge in [-0.3, -0.25) is 0 Å². The van der Waals surface area contributed by atoms with Gasteiger partial charge in [-0.15, -0.1) is 6.42 Å². The van der Waals surface area contributed by atoms with Gasteiger partial charge in [-0.05, 0) is 18.1 Å². The van der Waals surface area contributed by atoms with Crippen LogP contribution in [-0.2, 0) is 11.2 Å². The van der Waals surface area contributed by atoms with Crippen LogP contribution >= 0.6 is 0 Å². The minimum absolute atomic E-state index is 0.540. The Morgan fingerprint density at radius 2 is 2.17 bits per heavy atom. The third-order valence-corrected chi connectivity index (χ3v) is 1.70. The van der Waals surface area contributed by atoms with Gasteiger partial charge in [0.05, 0.1) is 0 Å². The molecular weight excluding hydrogens is 148 g/mol. The van der Waals surface area contributed by atoms with Crippen molar-refractivity contribution in [3.63, 3.8) is 0 Å². The maximum Gasteiger partial charge on any atom is 0.120 e. The standard InChI is InChI=1S/C11H10O/c1-2-10-6-3-4-7-11(10)8-5-9-12/h1,3-4,6-7,9H,5,8H2. The summed E-state index contributed by atoms with van der Waals surface area (Å²) in [5, 5.41) is 0. The number of aldehydes is 1. The Hall–Kier alpha value is -1.55. The molecule has 0 saturated heterocycles. The number of terminal acetylenes is 1. The maximum atomic E-state index is 10.1. The summed E-state index contributed by atoms with van der Waals surface area (Å²) in [6.07, 6.45) is 7.47. The summed E-state index contributed by atoms with van der Waals surface area (Å²) >= 11 is 0. The van der Waals surface area contributed by atoms with Crippen molar-refractivity contribution in [2.24, 2.45) is 0 Å². The minimum atomic E-state index is 0.540. The van der Waals surface area contributed by atoms with Crippen LogP contribution < -0.4 is 0 Å². The zero-order chi connectivity index (χ0) is 8.81. The molecule has 0 aliphatic carbocycles. The highest BCUT2D eigenvalue weighted by atomic mass is 16.1. The fraction of sp³-hybridized carbons (Fsp3) is 0.182. The average Bonchev–Trinajstić information content (AvgIpc) is 2.15.